The lowest BCUT2D eigenvalue weighted by Crippen LogP contribution is -2.22. The van der Waals surface area contributed by atoms with Crippen LogP contribution in [0, 0.1) is 6.92 Å². The van der Waals surface area contributed by atoms with Gasteiger partial charge in [0.15, 0.2) is 0 Å². The van der Waals surface area contributed by atoms with Crippen molar-refractivity contribution in [2.24, 2.45) is 0 Å². The topological polar surface area (TPSA) is 21.3 Å². The molecule has 1 aromatic carbocycles. The first-order valence-corrected chi connectivity index (χ1v) is 9.38. The predicted octanol–water partition coefficient (Wildman–Crippen LogP) is 5.68. The molecule has 0 fully saturated rings. The van der Waals surface area contributed by atoms with E-state index in [-0.39, 0.29) is 6.04 Å². The van der Waals surface area contributed by atoms with Gasteiger partial charge in [-0.15, -0.1) is 11.3 Å². The first-order chi connectivity index (χ1) is 10.1. The van der Waals surface area contributed by atoms with Gasteiger partial charge in [0.1, 0.15) is 5.75 Å². The largest absolute Gasteiger partial charge is 0.494 e. The van der Waals surface area contributed by atoms with Crippen molar-refractivity contribution in [2.75, 3.05) is 13.2 Å². The summed E-state index contributed by atoms with van der Waals surface area (Å²) in [5.41, 5.74) is 2.44. The summed E-state index contributed by atoms with van der Waals surface area (Å²) in [6.45, 7) is 7.83. The minimum absolute atomic E-state index is 0.143. The number of rotatable bonds is 6. The van der Waals surface area contributed by atoms with Crippen LogP contribution in [0.2, 0.25) is 0 Å². The van der Waals surface area contributed by atoms with Crippen LogP contribution in [0.25, 0.3) is 0 Å². The third-order valence-corrected chi connectivity index (χ3v) is 5.85. The zero-order valence-electron chi connectivity index (χ0n) is 12.4. The maximum atomic E-state index is 5.81. The van der Waals surface area contributed by atoms with Gasteiger partial charge < -0.3 is 10.1 Å². The molecule has 1 heterocycles. The van der Waals surface area contributed by atoms with E-state index in [4.69, 9.17) is 4.74 Å². The van der Waals surface area contributed by atoms with Crippen LogP contribution in [0.15, 0.2) is 32.5 Å². The maximum Gasteiger partial charge on any atom is 0.124 e. The molecule has 0 aliphatic carbocycles. The molecule has 0 spiro atoms. The number of ether oxygens (including phenoxy) is 1. The zero-order valence-corrected chi connectivity index (χ0v) is 16.4. The Morgan fingerprint density at radius 3 is 2.57 bits per heavy atom. The summed E-state index contributed by atoms with van der Waals surface area (Å²) in [5.74, 6) is 0.939. The van der Waals surface area contributed by atoms with Gasteiger partial charge in [0, 0.05) is 14.9 Å². The molecular weight excluding hydrogens is 414 g/mol. The molecule has 5 heteroatoms. The smallest absolute Gasteiger partial charge is 0.124 e. The fourth-order valence-corrected chi connectivity index (χ4v) is 4.27. The summed E-state index contributed by atoms with van der Waals surface area (Å²) in [4.78, 5) is 1.29. The minimum atomic E-state index is 0.143. The number of benzene rings is 1. The molecule has 0 radical (unpaired) electrons. The molecule has 0 amide bonds. The molecule has 0 bridgehead atoms. The highest BCUT2D eigenvalue weighted by atomic mass is 79.9. The van der Waals surface area contributed by atoms with Crippen LogP contribution >= 0.6 is 43.2 Å². The van der Waals surface area contributed by atoms with Gasteiger partial charge in [0.2, 0.25) is 0 Å². The van der Waals surface area contributed by atoms with Gasteiger partial charge in [0.25, 0.3) is 0 Å². The van der Waals surface area contributed by atoms with E-state index in [1.807, 2.05) is 19.1 Å². The Morgan fingerprint density at radius 2 is 2.00 bits per heavy atom. The number of hydrogen-bond acceptors (Lipinski definition) is 3. The third kappa shape index (κ3) is 4.09. The molecule has 2 nitrogen and oxygen atoms in total. The molecule has 0 saturated carbocycles. The second-order valence-corrected chi connectivity index (χ2v) is 8.03. The van der Waals surface area contributed by atoms with Gasteiger partial charge in [-0.1, -0.05) is 22.9 Å². The summed E-state index contributed by atoms with van der Waals surface area (Å²) < 4.78 is 8.06. The number of thiophene rings is 1. The lowest BCUT2D eigenvalue weighted by atomic mass is 10.0. The molecule has 0 saturated heterocycles. The van der Waals surface area contributed by atoms with Crippen molar-refractivity contribution < 1.29 is 4.74 Å². The van der Waals surface area contributed by atoms with E-state index in [2.05, 4.69) is 63.2 Å². The SMILES string of the molecule is CCNC(c1cc(C)c(Br)s1)c1cc(Br)ccc1OCC. The highest BCUT2D eigenvalue weighted by Crippen LogP contribution is 2.38. The van der Waals surface area contributed by atoms with E-state index in [0.29, 0.717) is 6.61 Å². The summed E-state index contributed by atoms with van der Waals surface area (Å²) >= 11 is 8.97. The average Bonchev–Trinajstić information content (AvgIpc) is 2.78. The van der Waals surface area contributed by atoms with Crippen molar-refractivity contribution in [3.8, 4) is 5.75 Å². The second kappa shape index (κ2) is 7.77. The summed E-state index contributed by atoms with van der Waals surface area (Å²) in [7, 11) is 0. The molecule has 21 heavy (non-hydrogen) atoms. The van der Waals surface area contributed by atoms with Crippen LogP contribution in [0.3, 0.4) is 0 Å². The first kappa shape index (κ1) is 17.0. The Bertz CT molecular complexity index is 593. The molecule has 1 aromatic heterocycles. The zero-order chi connectivity index (χ0) is 15.4. The second-order valence-electron chi connectivity index (χ2n) is 4.71. The molecule has 1 N–H and O–H groups in total. The lowest BCUT2D eigenvalue weighted by Gasteiger charge is -2.20. The van der Waals surface area contributed by atoms with E-state index in [1.54, 1.807) is 11.3 Å². The summed E-state index contributed by atoms with van der Waals surface area (Å²) in [6.07, 6.45) is 0. The Kier molecular flexibility index (Phi) is 6.29. The van der Waals surface area contributed by atoms with E-state index in [0.717, 1.165) is 16.8 Å². The van der Waals surface area contributed by atoms with Gasteiger partial charge in [-0.05, 0) is 66.2 Å². The fraction of sp³-hybridized carbons (Fsp3) is 0.375. The standard InChI is InChI=1S/C16H19Br2NOS/c1-4-19-15(14-8-10(3)16(18)21-14)12-9-11(17)6-7-13(12)20-5-2/h6-9,15,19H,4-5H2,1-3H3. The Labute approximate surface area is 147 Å². The monoisotopic (exact) mass is 431 g/mol. The van der Waals surface area contributed by atoms with Gasteiger partial charge in [-0.3, -0.25) is 0 Å². The van der Waals surface area contributed by atoms with Crippen LogP contribution in [-0.4, -0.2) is 13.2 Å². The highest BCUT2D eigenvalue weighted by Gasteiger charge is 2.20. The quantitative estimate of drug-likeness (QED) is 0.633. The third-order valence-electron chi connectivity index (χ3n) is 3.15. The Morgan fingerprint density at radius 1 is 1.24 bits per heavy atom. The van der Waals surface area contributed by atoms with E-state index in [9.17, 15) is 0 Å². The van der Waals surface area contributed by atoms with Crippen LogP contribution in [0.4, 0.5) is 0 Å². The number of nitrogens with one attached hydrogen (secondary N) is 1. The highest BCUT2D eigenvalue weighted by molar-refractivity contribution is 9.11. The van der Waals surface area contributed by atoms with Crippen molar-refractivity contribution in [3.05, 3.63) is 48.5 Å². The molecule has 1 unspecified atom stereocenters. The molecule has 0 aliphatic rings. The van der Waals surface area contributed by atoms with Crippen LogP contribution in [0.5, 0.6) is 5.75 Å². The van der Waals surface area contributed by atoms with Crippen molar-refractivity contribution in [2.45, 2.75) is 26.8 Å². The maximum absolute atomic E-state index is 5.81. The van der Waals surface area contributed by atoms with Crippen LogP contribution in [0.1, 0.15) is 35.9 Å². The number of halogens is 2. The van der Waals surface area contributed by atoms with Crippen molar-refractivity contribution in [3.63, 3.8) is 0 Å². The summed E-state index contributed by atoms with van der Waals surface area (Å²) in [6, 6.07) is 8.57. The van der Waals surface area contributed by atoms with E-state index >= 15 is 0 Å². The number of aryl methyl sites for hydroxylation is 1. The van der Waals surface area contributed by atoms with Crippen LogP contribution < -0.4 is 10.1 Å². The van der Waals surface area contributed by atoms with Gasteiger partial charge in [-0.2, -0.15) is 0 Å². The average molecular weight is 433 g/mol. The minimum Gasteiger partial charge on any atom is -0.494 e. The lowest BCUT2D eigenvalue weighted by molar-refractivity contribution is 0.333. The Hall–Kier alpha value is -0.360. The van der Waals surface area contributed by atoms with Crippen molar-refractivity contribution in [1.29, 1.82) is 0 Å². The predicted molar refractivity (Wildman–Crippen MR) is 97.6 cm³/mol. The van der Waals surface area contributed by atoms with E-state index < -0.39 is 0 Å². The molecule has 2 aromatic rings. The first-order valence-electron chi connectivity index (χ1n) is 6.98. The molecule has 2 rings (SSSR count). The van der Waals surface area contributed by atoms with Crippen LogP contribution in [-0.2, 0) is 0 Å². The van der Waals surface area contributed by atoms with Gasteiger partial charge in [-0.25, -0.2) is 0 Å². The molecular formula is C16H19Br2NOS. The Balaban J connectivity index is 2.48. The van der Waals surface area contributed by atoms with Crippen molar-refractivity contribution >= 4 is 43.2 Å². The molecule has 0 aliphatic heterocycles. The van der Waals surface area contributed by atoms with E-state index in [1.165, 1.54) is 19.8 Å². The normalized spacial score (nSPS) is 12.4. The van der Waals surface area contributed by atoms with Gasteiger partial charge in [0.05, 0.1) is 16.4 Å². The molecule has 1 atom stereocenters. The fourth-order valence-electron chi connectivity index (χ4n) is 2.23. The molecule has 114 valence electrons. The summed E-state index contributed by atoms with van der Waals surface area (Å²) in [5, 5.41) is 3.57. The van der Waals surface area contributed by atoms with Crippen molar-refractivity contribution in [1.82, 2.24) is 5.32 Å². The number of hydrogen-bond donors (Lipinski definition) is 1. The van der Waals surface area contributed by atoms with Gasteiger partial charge >= 0.3 is 0 Å².